The topological polar surface area (TPSA) is 49.4 Å². The highest BCUT2D eigenvalue weighted by molar-refractivity contribution is 7.91. The van der Waals surface area contributed by atoms with Gasteiger partial charge in [-0.3, -0.25) is 4.90 Å². The molecule has 0 saturated carbocycles. The van der Waals surface area contributed by atoms with E-state index in [2.05, 4.69) is 31.0 Å². The lowest BCUT2D eigenvalue weighted by Crippen LogP contribution is -2.40. The van der Waals surface area contributed by atoms with Gasteiger partial charge >= 0.3 is 0 Å². The molecule has 0 aromatic heterocycles. The molecule has 17 heavy (non-hydrogen) atoms. The minimum atomic E-state index is -2.75. The maximum absolute atomic E-state index is 11.3. The van der Waals surface area contributed by atoms with Gasteiger partial charge in [-0.05, 0) is 33.2 Å². The Morgan fingerprint density at radius 1 is 1.35 bits per heavy atom. The van der Waals surface area contributed by atoms with Crippen molar-refractivity contribution in [2.45, 2.75) is 45.7 Å². The molecule has 1 heterocycles. The van der Waals surface area contributed by atoms with Crippen molar-refractivity contribution in [2.24, 2.45) is 0 Å². The Morgan fingerprint density at radius 3 is 2.53 bits per heavy atom. The summed E-state index contributed by atoms with van der Waals surface area (Å²) in [6, 6.07) is 0.736. The summed E-state index contributed by atoms with van der Waals surface area (Å²) >= 11 is 0. The number of sulfone groups is 1. The summed E-state index contributed by atoms with van der Waals surface area (Å²) in [6.45, 7) is 9.60. The Bertz CT molecular complexity index is 314. The molecule has 1 aliphatic rings. The van der Waals surface area contributed by atoms with Crippen molar-refractivity contribution in [1.82, 2.24) is 10.2 Å². The molecule has 1 fully saturated rings. The van der Waals surface area contributed by atoms with E-state index in [1.54, 1.807) is 0 Å². The first-order valence-electron chi connectivity index (χ1n) is 6.62. The standard InChI is InChI=1S/C12H26N2O2S/c1-4-7-14(11(2)3)8-6-13-12-5-9-17(15,16)10-12/h11-13H,4-10H2,1-3H3. The Hall–Kier alpha value is -0.130. The minimum Gasteiger partial charge on any atom is -0.312 e. The van der Waals surface area contributed by atoms with Crippen LogP contribution in [0.3, 0.4) is 0 Å². The molecule has 102 valence electrons. The van der Waals surface area contributed by atoms with Crippen LogP contribution in [-0.4, -0.2) is 56.5 Å². The predicted molar refractivity (Wildman–Crippen MR) is 72.1 cm³/mol. The van der Waals surface area contributed by atoms with Crippen molar-refractivity contribution in [3.63, 3.8) is 0 Å². The van der Waals surface area contributed by atoms with Crippen molar-refractivity contribution < 1.29 is 8.42 Å². The van der Waals surface area contributed by atoms with E-state index < -0.39 is 9.84 Å². The molecular formula is C12H26N2O2S. The Morgan fingerprint density at radius 2 is 2.06 bits per heavy atom. The molecule has 0 bridgehead atoms. The zero-order valence-corrected chi connectivity index (χ0v) is 12.1. The van der Waals surface area contributed by atoms with E-state index in [9.17, 15) is 8.42 Å². The van der Waals surface area contributed by atoms with Gasteiger partial charge in [-0.25, -0.2) is 8.42 Å². The van der Waals surface area contributed by atoms with Crippen molar-refractivity contribution >= 4 is 9.84 Å². The van der Waals surface area contributed by atoms with Crippen LogP contribution < -0.4 is 5.32 Å². The fourth-order valence-corrected chi connectivity index (χ4v) is 3.99. The Labute approximate surface area is 106 Å². The number of rotatable bonds is 7. The van der Waals surface area contributed by atoms with E-state index in [0.717, 1.165) is 32.5 Å². The smallest absolute Gasteiger partial charge is 0.151 e. The highest BCUT2D eigenvalue weighted by atomic mass is 32.2. The quantitative estimate of drug-likeness (QED) is 0.740. The van der Waals surface area contributed by atoms with Crippen LogP contribution in [0, 0.1) is 0 Å². The number of nitrogens with one attached hydrogen (secondary N) is 1. The molecule has 1 atom stereocenters. The van der Waals surface area contributed by atoms with Gasteiger partial charge in [-0.1, -0.05) is 6.92 Å². The maximum atomic E-state index is 11.3. The summed E-state index contributed by atoms with van der Waals surface area (Å²) in [5.41, 5.74) is 0. The van der Waals surface area contributed by atoms with E-state index in [1.165, 1.54) is 0 Å². The summed E-state index contributed by atoms with van der Waals surface area (Å²) in [5, 5.41) is 3.36. The molecular weight excluding hydrogens is 236 g/mol. The molecule has 0 amide bonds. The lowest BCUT2D eigenvalue weighted by molar-refractivity contribution is 0.220. The van der Waals surface area contributed by atoms with Gasteiger partial charge in [0, 0.05) is 25.2 Å². The van der Waals surface area contributed by atoms with E-state index in [4.69, 9.17) is 0 Å². The molecule has 1 aliphatic heterocycles. The van der Waals surface area contributed by atoms with Crippen molar-refractivity contribution in [3.8, 4) is 0 Å². The van der Waals surface area contributed by atoms with Crippen LogP contribution in [0.25, 0.3) is 0 Å². The van der Waals surface area contributed by atoms with Crippen molar-refractivity contribution in [1.29, 1.82) is 0 Å². The number of hydrogen-bond acceptors (Lipinski definition) is 4. The lowest BCUT2D eigenvalue weighted by atomic mass is 10.2. The second kappa shape index (κ2) is 6.71. The Balaban J connectivity index is 2.23. The fraction of sp³-hybridized carbons (Fsp3) is 1.00. The molecule has 1 N–H and O–H groups in total. The van der Waals surface area contributed by atoms with Gasteiger partial charge < -0.3 is 5.32 Å². The first kappa shape index (κ1) is 14.9. The van der Waals surface area contributed by atoms with Crippen LogP contribution >= 0.6 is 0 Å². The van der Waals surface area contributed by atoms with Crippen LogP contribution in [0.4, 0.5) is 0 Å². The minimum absolute atomic E-state index is 0.177. The monoisotopic (exact) mass is 262 g/mol. The van der Waals surface area contributed by atoms with Gasteiger partial charge in [-0.15, -0.1) is 0 Å². The average Bonchev–Trinajstić information content (AvgIpc) is 2.57. The first-order valence-corrected chi connectivity index (χ1v) is 8.44. The molecule has 1 unspecified atom stereocenters. The molecule has 4 nitrogen and oxygen atoms in total. The highest BCUT2D eigenvalue weighted by Gasteiger charge is 2.27. The third-order valence-corrected chi connectivity index (χ3v) is 5.07. The second-order valence-electron chi connectivity index (χ2n) is 5.18. The molecule has 0 aliphatic carbocycles. The lowest BCUT2D eigenvalue weighted by Gasteiger charge is -2.26. The number of hydrogen-bond donors (Lipinski definition) is 1. The van der Waals surface area contributed by atoms with Crippen molar-refractivity contribution in [3.05, 3.63) is 0 Å². The summed E-state index contributed by atoms with van der Waals surface area (Å²) in [7, 11) is -2.75. The van der Waals surface area contributed by atoms with Gasteiger partial charge in [0.05, 0.1) is 11.5 Å². The molecule has 0 aromatic rings. The molecule has 0 spiro atoms. The normalized spacial score (nSPS) is 23.7. The van der Waals surface area contributed by atoms with Crippen LogP contribution in [0.5, 0.6) is 0 Å². The van der Waals surface area contributed by atoms with Crippen LogP contribution in [0.1, 0.15) is 33.6 Å². The molecule has 1 rings (SSSR count). The second-order valence-corrected chi connectivity index (χ2v) is 7.41. The SMILES string of the molecule is CCCN(CCNC1CCS(=O)(=O)C1)C(C)C. The van der Waals surface area contributed by atoms with E-state index >= 15 is 0 Å². The third-order valence-electron chi connectivity index (χ3n) is 3.31. The van der Waals surface area contributed by atoms with Crippen LogP contribution in [-0.2, 0) is 9.84 Å². The number of nitrogens with zero attached hydrogens (tertiary/aromatic N) is 1. The van der Waals surface area contributed by atoms with Crippen LogP contribution in [0.2, 0.25) is 0 Å². The summed E-state index contributed by atoms with van der Waals surface area (Å²) in [5.74, 6) is 0.677. The largest absolute Gasteiger partial charge is 0.312 e. The molecule has 5 heteroatoms. The highest BCUT2D eigenvalue weighted by Crippen LogP contribution is 2.10. The zero-order chi connectivity index (χ0) is 12.9. The molecule has 1 saturated heterocycles. The van der Waals surface area contributed by atoms with Crippen molar-refractivity contribution in [2.75, 3.05) is 31.1 Å². The molecule has 0 radical (unpaired) electrons. The van der Waals surface area contributed by atoms with Gasteiger partial charge in [0.15, 0.2) is 9.84 Å². The third kappa shape index (κ3) is 5.36. The summed E-state index contributed by atoms with van der Waals surface area (Å²) in [6.07, 6.45) is 1.94. The average molecular weight is 262 g/mol. The molecule has 0 aromatic carbocycles. The van der Waals surface area contributed by atoms with E-state index in [-0.39, 0.29) is 6.04 Å². The van der Waals surface area contributed by atoms with E-state index in [1.807, 2.05) is 0 Å². The van der Waals surface area contributed by atoms with Gasteiger partial charge in [0.2, 0.25) is 0 Å². The Kier molecular flexibility index (Phi) is 5.89. The zero-order valence-electron chi connectivity index (χ0n) is 11.3. The first-order chi connectivity index (χ1) is 7.94. The van der Waals surface area contributed by atoms with Gasteiger partial charge in [-0.2, -0.15) is 0 Å². The fourth-order valence-electron chi connectivity index (χ4n) is 2.28. The predicted octanol–water partition coefficient (Wildman–Crippen LogP) is 0.884. The maximum Gasteiger partial charge on any atom is 0.151 e. The van der Waals surface area contributed by atoms with Gasteiger partial charge in [0.25, 0.3) is 0 Å². The summed E-state index contributed by atoms with van der Waals surface area (Å²) < 4.78 is 22.6. The van der Waals surface area contributed by atoms with Gasteiger partial charge in [0.1, 0.15) is 0 Å². The van der Waals surface area contributed by atoms with E-state index in [0.29, 0.717) is 17.5 Å². The van der Waals surface area contributed by atoms with Crippen LogP contribution in [0.15, 0.2) is 0 Å². The summed E-state index contributed by atoms with van der Waals surface area (Å²) in [4.78, 5) is 2.43.